The van der Waals surface area contributed by atoms with Gasteiger partial charge in [0.25, 0.3) is 0 Å². The molecule has 1 saturated heterocycles. The second-order valence-electron chi connectivity index (χ2n) is 5.28. The van der Waals surface area contributed by atoms with E-state index in [4.69, 9.17) is 0 Å². The summed E-state index contributed by atoms with van der Waals surface area (Å²) < 4.78 is 0. The molecule has 0 amide bonds. The molecular weight excluding hydrogens is 194 g/mol. The third kappa shape index (κ3) is 6.32. The highest BCUT2D eigenvalue weighted by Gasteiger charge is 2.07. The second kappa shape index (κ2) is 8.81. The average Bonchev–Trinajstić information content (AvgIpc) is 2.34. The molecule has 94 valence electrons. The van der Waals surface area contributed by atoms with Crippen LogP contribution in [0.4, 0.5) is 0 Å². The monoisotopic (exact) mass is 223 g/mol. The van der Waals surface area contributed by atoms with Gasteiger partial charge >= 0.3 is 0 Å². The van der Waals surface area contributed by atoms with Gasteiger partial charge in [-0.1, -0.05) is 45.3 Å². The van der Waals surface area contributed by atoms with E-state index in [0.717, 1.165) is 5.92 Å². The van der Waals surface area contributed by atoms with Crippen LogP contribution in [0.3, 0.4) is 0 Å². The van der Waals surface area contributed by atoms with Crippen LogP contribution in [-0.4, -0.2) is 24.5 Å². The van der Waals surface area contributed by atoms with Crippen molar-refractivity contribution in [2.45, 2.75) is 58.8 Å². The van der Waals surface area contributed by atoms with Crippen molar-refractivity contribution in [1.29, 1.82) is 0 Å². The van der Waals surface area contributed by atoms with E-state index in [1.54, 1.807) is 0 Å². The number of likely N-dealkylation sites (tertiary alicyclic amines) is 1. The van der Waals surface area contributed by atoms with Crippen LogP contribution in [0.1, 0.15) is 58.8 Å². The molecule has 1 aliphatic rings. The molecule has 0 radical (unpaired) electrons. The van der Waals surface area contributed by atoms with Crippen LogP contribution in [-0.2, 0) is 0 Å². The van der Waals surface area contributed by atoms with Gasteiger partial charge in [0.05, 0.1) is 0 Å². The molecule has 1 heterocycles. The molecule has 0 aromatic carbocycles. The Hall–Kier alpha value is -0.300. The Morgan fingerprint density at radius 3 is 2.56 bits per heavy atom. The lowest BCUT2D eigenvalue weighted by molar-refractivity contribution is 0.251. The van der Waals surface area contributed by atoms with Crippen LogP contribution in [0.5, 0.6) is 0 Å². The fourth-order valence-electron chi connectivity index (χ4n) is 2.27. The molecule has 0 saturated carbocycles. The minimum absolute atomic E-state index is 0.912. The zero-order valence-electron chi connectivity index (χ0n) is 11.3. The van der Waals surface area contributed by atoms with Crippen LogP contribution in [0.2, 0.25) is 0 Å². The van der Waals surface area contributed by atoms with E-state index >= 15 is 0 Å². The number of piperidine rings is 1. The van der Waals surface area contributed by atoms with E-state index in [9.17, 15) is 0 Å². The van der Waals surface area contributed by atoms with E-state index in [1.165, 1.54) is 64.6 Å². The van der Waals surface area contributed by atoms with E-state index in [0.29, 0.717) is 0 Å². The minimum atomic E-state index is 0.912. The summed E-state index contributed by atoms with van der Waals surface area (Å²) >= 11 is 0. The van der Waals surface area contributed by atoms with E-state index in [1.807, 2.05) is 0 Å². The number of nitrogens with zero attached hydrogens (tertiary/aromatic N) is 1. The summed E-state index contributed by atoms with van der Waals surface area (Å²) in [6.45, 7) is 8.46. The first-order chi connectivity index (χ1) is 7.83. The first kappa shape index (κ1) is 13.8. The van der Waals surface area contributed by atoms with Gasteiger partial charge in [0.2, 0.25) is 0 Å². The van der Waals surface area contributed by atoms with Gasteiger partial charge in [0.15, 0.2) is 0 Å². The van der Waals surface area contributed by atoms with Crippen LogP contribution >= 0.6 is 0 Å². The quantitative estimate of drug-likeness (QED) is 0.461. The van der Waals surface area contributed by atoms with Gasteiger partial charge in [-0.05, 0) is 44.7 Å². The maximum atomic E-state index is 2.58. The Balaban J connectivity index is 1.95. The molecule has 0 spiro atoms. The van der Waals surface area contributed by atoms with Gasteiger partial charge in [0.1, 0.15) is 0 Å². The van der Waals surface area contributed by atoms with Crippen molar-refractivity contribution >= 4 is 0 Å². The normalized spacial score (nSPS) is 20.4. The van der Waals surface area contributed by atoms with Gasteiger partial charge in [-0.15, -0.1) is 0 Å². The van der Waals surface area contributed by atoms with Gasteiger partial charge < -0.3 is 0 Å². The summed E-state index contributed by atoms with van der Waals surface area (Å²) in [6.07, 6.45) is 14.4. The van der Waals surface area contributed by atoms with E-state index < -0.39 is 0 Å². The Morgan fingerprint density at radius 1 is 1.12 bits per heavy atom. The fraction of sp³-hybridized carbons (Fsp3) is 0.867. The molecule has 1 unspecified atom stereocenters. The van der Waals surface area contributed by atoms with Crippen LogP contribution in [0.15, 0.2) is 12.2 Å². The van der Waals surface area contributed by atoms with Crippen molar-refractivity contribution < 1.29 is 0 Å². The predicted molar refractivity (Wildman–Crippen MR) is 72.7 cm³/mol. The number of allylic oxidation sites excluding steroid dienone is 1. The standard InChI is InChI=1S/C15H29N/c1-3-15(2)11-7-4-5-8-12-16-13-9-6-10-14-16/h5,8,15H,3-4,6-7,9-14H2,1-2H3/b8-5+. The summed E-state index contributed by atoms with van der Waals surface area (Å²) in [5.41, 5.74) is 0. The summed E-state index contributed by atoms with van der Waals surface area (Å²) in [4.78, 5) is 2.58. The van der Waals surface area contributed by atoms with E-state index in [-0.39, 0.29) is 0 Å². The number of rotatable bonds is 7. The molecule has 0 bridgehead atoms. The molecule has 16 heavy (non-hydrogen) atoms. The maximum absolute atomic E-state index is 2.58. The van der Waals surface area contributed by atoms with Crippen molar-refractivity contribution in [3.05, 3.63) is 12.2 Å². The van der Waals surface area contributed by atoms with Crippen LogP contribution in [0.25, 0.3) is 0 Å². The molecule has 1 heteroatoms. The van der Waals surface area contributed by atoms with Crippen molar-refractivity contribution in [3.8, 4) is 0 Å². The number of hydrogen-bond acceptors (Lipinski definition) is 1. The predicted octanol–water partition coefficient (Wildman–Crippen LogP) is 4.24. The highest BCUT2D eigenvalue weighted by atomic mass is 15.1. The maximum Gasteiger partial charge on any atom is 0.0163 e. The molecular formula is C15H29N. The van der Waals surface area contributed by atoms with Crippen molar-refractivity contribution in [1.82, 2.24) is 4.90 Å². The highest BCUT2D eigenvalue weighted by molar-refractivity contribution is 4.85. The van der Waals surface area contributed by atoms with Crippen molar-refractivity contribution in [3.63, 3.8) is 0 Å². The zero-order chi connectivity index (χ0) is 11.6. The Morgan fingerprint density at radius 2 is 1.88 bits per heavy atom. The first-order valence-electron chi connectivity index (χ1n) is 7.20. The molecule has 1 rings (SSSR count). The molecule has 1 fully saturated rings. The van der Waals surface area contributed by atoms with Gasteiger partial charge in [-0.2, -0.15) is 0 Å². The Kier molecular flexibility index (Phi) is 7.58. The molecule has 0 aliphatic carbocycles. The SMILES string of the molecule is CCC(C)CCC/C=C/CN1CCCCC1. The third-order valence-corrected chi connectivity index (χ3v) is 3.74. The molecule has 1 nitrogen and oxygen atoms in total. The van der Waals surface area contributed by atoms with Crippen LogP contribution in [0, 0.1) is 5.92 Å². The fourth-order valence-corrected chi connectivity index (χ4v) is 2.27. The Labute approximate surface area is 102 Å². The topological polar surface area (TPSA) is 3.24 Å². The Bertz CT molecular complexity index is 180. The molecule has 0 aromatic rings. The van der Waals surface area contributed by atoms with Gasteiger partial charge in [-0.3, -0.25) is 4.90 Å². The van der Waals surface area contributed by atoms with Crippen LogP contribution < -0.4 is 0 Å². The summed E-state index contributed by atoms with van der Waals surface area (Å²) in [5, 5.41) is 0. The van der Waals surface area contributed by atoms with Crippen molar-refractivity contribution in [2.75, 3.05) is 19.6 Å². The van der Waals surface area contributed by atoms with Crippen molar-refractivity contribution in [2.24, 2.45) is 5.92 Å². The first-order valence-corrected chi connectivity index (χ1v) is 7.20. The molecule has 0 N–H and O–H groups in total. The average molecular weight is 223 g/mol. The minimum Gasteiger partial charge on any atom is -0.300 e. The highest BCUT2D eigenvalue weighted by Crippen LogP contribution is 2.11. The molecule has 1 atom stereocenters. The zero-order valence-corrected chi connectivity index (χ0v) is 11.3. The summed E-state index contributed by atoms with van der Waals surface area (Å²) in [7, 11) is 0. The molecule has 0 aromatic heterocycles. The van der Waals surface area contributed by atoms with Gasteiger partial charge in [0, 0.05) is 6.54 Å². The lowest BCUT2D eigenvalue weighted by Gasteiger charge is -2.24. The third-order valence-electron chi connectivity index (χ3n) is 3.74. The largest absolute Gasteiger partial charge is 0.300 e. The smallest absolute Gasteiger partial charge is 0.0163 e. The lowest BCUT2D eigenvalue weighted by atomic mass is 10.0. The van der Waals surface area contributed by atoms with Gasteiger partial charge in [-0.25, -0.2) is 0 Å². The summed E-state index contributed by atoms with van der Waals surface area (Å²) in [6, 6.07) is 0. The lowest BCUT2D eigenvalue weighted by Crippen LogP contribution is -2.29. The van der Waals surface area contributed by atoms with E-state index in [2.05, 4.69) is 30.9 Å². The molecule has 1 aliphatic heterocycles. The number of hydrogen-bond donors (Lipinski definition) is 0. The second-order valence-corrected chi connectivity index (χ2v) is 5.28. The number of unbranched alkanes of at least 4 members (excludes halogenated alkanes) is 1. The summed E-state index contributed by atoms with van der Waals surface area (Å²) in [5.74, 6) is 0.912.